The van der Waals surface area contributed by atoms with Gasteiger partial charge in [0.25, 0.3) is 5.69 Å². The topological polar surface area (TPSA) is 64.4 Å². The smallest absolute Gasteiger partial charge is 0.272 e. The van der Waals surface area contributed by atoms with E-state index in [0.717, 1.165) is 25.9 Å². The third-order valence-electron chi connectivity index (χ3n) is 2.56. The zero-order chi connectivity index (χ0) is 13.4. The molecule has 0 saturated carbocycles. The molecule has 0 unspecified atom stereocenters. The first-order valence-corrected chi connectivity index (χ1v) is 6.23. The van der Waals surface area contributed by atoms with Crippen LogP contribution in [0.5, 0.6) is 5.75 Å². The summed E-state index contributed by atoms with van der Waals surface area (Å²) in [5.74, 6) is 0.689. The second-order valence-electron chi connectivity index (χ2n) is 4.16. The van der Waals surface area contributed by atoms with Crippen LogP contribution >= 0.6 is 0 Å². The summed E-state index contributed by atoms with van der Waals surface area (Å²) in [7, 11) is 0. The average Bonchev–Trinajstić information content (AvgIpc) is 2.33. The zero-order valence-corrected chi connectivity index (χ0v) is 10.9. The number of nitro groups is 1. The summed E-state index contributed by atoms with van der Waals surface area (Å²) in [5.41, 5.74) is 0.758. The zero-order valence-electron chi connectivity index (χ0n) is 10.9. The van der Waals surface area contributed by atoms with E-state index >= 15 is 0 Å². The van der Waals surface area contributed by atoms with Crippen molar-refractivity contribution in [2.45, 2.75) is 26.7 Å². The van der Waals surface area contributed by atoms with E-state index < -0.39 is 0 Å². The highest BCUT2D eigenvalue weighted by Gasteiger charge is 2.10. The monoisotopic (exact) mass is 252 g/mol. The largest absolute Gasteiger partial charge is 0.494 e. The predicted octanol–water partition coefficient (Wildman–Crippen LogP) is 2.67. The molecule has 5 heteroatoms. The van der Waals surface area contributed by atoms with E-state index in [0.29, 0.717) is 17.9 Å². The van der Waals surface area contributed by atoms with E-state index in [1.54, 1.807) is 19.1 Å². The maximum absolute atomic E-state index is 10.7. The van der Waals surface area contributed by atoms with E-state index in [-0.39, 0.29) is 10.6 Å². The van der Waals surface area contributed by atoms with Gasteiger partial charge in [0, 0.05) is 11.6 Å². The summed E-state index contributed by atoms with van der Waals surface area (Å²) in [6, 6.07) is 4.84. The number of nitrogens with one attached hydrogen (secondary N) is 1. The van der Waals surface area contributed by atoms with Gasteiger partial charge in [0.1, 0.15) is 5.75 Å². The molecule has 1 aromatic carbocycles. The lowest BCUT2D eigenvalue weighted by Gasteiger charge is -2.07. The van der Waals surface area contributed by atoms with Crippen LogP contribution in [0.3, 0.4) is 0 Å². The fourth-order valence-electron chi connectivity index (χ4n) is 1.61. The van der Waals surface area contributed by atoms with E-state index in [9.17, 15) is 10.1 Å². The minimum absolute atomic E-state index is 0.131. The third-order valence-corrected chi connectivity index (χ3v) is 2.56. The molecule has 0 aliphatic rings. The number of ether oxygens (including phenoxy) is 1. The van der Waals surface area contributed by atoms with Crippen LogP contribution in [0.4, 0.5) is 5.69 Å². The highest BCUT2D eigenvalue weighted by molar-refractivity contribution is 5.44. The molecule has 0 aromatic heterocycles. The second kappa shape index (κ2) is 7.66. The number of nitro benzene ring substituents is 1. The lowest BCUT2D eigenvalue weighted by atomic mass is 10.2. The molecule has 0 aliphatic carbocycles. The van der Waals surface area contributed by atoms with E-state index in [1.807, 2.05) is 0 Å². The molecule has 1 N–H and O–H groups in total. The molecule has 0 spiro atoms. The minimum atomic E-state index is -0.381. The first-order chi connectivity index (χ1) is 8.65. The molecule has 0 saturated heterocycles. The number of rotatable bonds is 8. The molecule has 0 fully saturated rings. The van der Waals surface area contributed by atoms with Crippen LogP contribution in [0.1, 0.15) is 25.3 Å². The number of hydrogen-bond donors (Lipinski definition) is 1. The van der Waals surface area contributed by atoms with Crippen molar-refractivity contribution in [2.75, 3.05) is 19.7 Å². The lowest BCUT2D eigenvalue weighted by molar-refractivity contribution is -0.385. The van der Waals surface area contributed by atoms with Gasteiger partial charge in [0.05, 0.1) is 11.5 Å². The van der Waals surface area contributed by atoms with Crippen LogP contribution in [0, 0.1) is 17.0 Å². The van der Waals surface area contributed by atoms with Gasteiger partial charge in [-0.05, 0) is 45.0 Å². The Kier molecular flexibility index (Phi) is 6.14. The van der Waals surface area contributed by atoms with Gasteiger partial charge in [-0.15, -0.1) is 0 Å². The molecule has 1 aromatic rings. The summed E-state index contributed by atoms with van der Waals surface area (Å²) in [6.45, 7) is 6.42. The summed E-state index contributed by atoms with van der Waals surface area (Å²) >= 11 is 0. The molecule has 5 nitrogen and oxygen atoms in total. The molecule has 18 heavy (non-hydrogen) atoms. The Bertz CT molecular complexity index is 394. The van der Waals surface area contributed by atoms with E-state index in [1.165, 1.54) is 6.07 Å². The van der Waals surface area contributed by atoms with Crippen molar-refractivity contribution >= 4 is 5.69 Å². The van der Waals surface area contributed by atoms with Gasteiger partial charge in [-0.1, -0.05) is 6.92 Å². The van der Waals surface area contributed by atoms with Crippen molar-refractivity contribution < 1.29 is 9.66 Å². The first kappa shape index (κ1) is 14.4. The van der Waals surface area contributed by atoms with Crippen LogP contribution in [0.25, 0.3) is 0 Å². The van der Waals surface area contributed by atoms with Crippen molar-refractivity contribution in [2.24, 2.45) is 0 Å². The van der Waals surface area contributed by atoms with Crippen LogP contribution < -0.4 is 10.1 Å². The van der Waals surface area contributed by atoms with Crippen molar-refractivity contribution in [1.82, 2.24) is 5.32 Å². The molecular formula is C13H20N2O3. The Morgan fingerprint density at radius 2 is 2.17 bits per heavy atom. The summed E-state index contributed by atoms with van der Waals surface area (Å²) < 4.78 is 5.54. The Hall–Kier alpha value is -1.62. The number of benzene rings is 1. The fraction of sp³-hybridized carbons (Fsp3) is 0.538. The second-order valence-corrected chi connectivity index (χ2v) is 4.16. The Labute approximate surface area is 107 Å². The normalized spacial score (nSPS) is 10.3. The molecule has 0 amide bonds. The summed E-state index contributed by atoms with van der Waals surface area (Å²) in [5, 5.41) is 13.9. The molecular weight excluding hydrogens is 232 g/mol. The average molecular weight is 252 g/mol. The van der Waals surface area contributed by atoms with Gasteiger partial charge in [0.2, 0.25) is 0 Å². The summed E-state index contributed by atoms with van der Waals surface area (Å²) in [6.07, 6.45) is 2.05. The first-order valence-electron chi connectivity index (χ1n) is 6.23. The van der Waals surface area contributed by atoms with Gasteiger partial charge in [-0.2, -0.15) is 0 Å². The van der Waals surface area contributed by atoms with Crippen molar-refractivity contribution in [1.29, 1.82) is 0 Å². The molecule has 0 radical (unpaired) electrons. The van der Waals surface area contributed by atoms with Crippen LogP contribution in [0.2, 0.25) is 0 Å². The fourth-order valence-corrected chi connectivity index (χ4v) is 1.61. The number of nitrogens with zero attached hydrogens (tertiary/aromatic N) is 1. The number of aryl methyl sites for hydroxylation is 1. The minimum Gasteiger partial charge on any atom is -0.494 e. The van der Waals surface area contributed by atoms with Gasteiger partial charge >= 0.3 is 0 Å². The van der Waals surface area contributed by atoms with Crippen LogP contribution in [0.15, 0.2) is 18.2 Å². The Balaban J connectivity index is 2.35. The SMILES string of the molecule is CCCNCCCOc1ccc([N+](=O)[O-])c(C)c1. The standard InChI is InChI=1S/C13H20N2O3/c1-3-7-14-8-4-9-18-12-5-6-13(15(16)17)11(2)10-12/h5-6,10,14H,3-4,7-9H2,1-2H3. The van der Waals surface area contributed by atoms with Crippen molar-refractivity contribution in [3.8, 4) is 5.75 Å². The molecule has 100 valence electrons. The Morgan fingerprint density at radius 1 is 1.39 bits per heavy atom. The highest BCUT2D eigenvalue weighted by atomic mass is 16.6. The van der Waals surface area contributed by atoms with Crippen LogP contribution in [-0.2, 0) is 0 Å². The molecule has 0 aliphatic heterocycles. The summed E-state index contributed by atoms with van der Waals surface area (Å²) in [4.78, 5) is 10.3. The van der Waals surface area contributed by atoms with Gasteiger partial charge in [-0.3, -0.25) is 10.1 Å². The van der Waals surface area contributed by atoms with E-state index in [2.05, 4.69) is 12.2 Å². The molecule has 1 rings (SSSR count). The quantitative estimate of drug-likeness (QED) is 0.439. The lowest BCUT2D eigenvalue weighted by Crippen LogP contribution is -2.18. The van der Waals surface area contributed by atoms with Gasteiger partial charge in [-0.25, -0.2) is 0 Å². The maximum Gasteiger partial charge on any atom is 0.272 e. The van der Waals surface area contributed by atoms with Gasteiger partial charge in [0.15, 0.2) is 0 Å². The van der Waals surface area contributed by atoms with Crippen molar-refractivity contribution in [3.05, 3.63) is 33.9 Å². The third kappa shape index (κ3) is 4.71. The molecule has 0 heterocycles. The maximum atomic E-state index is 10.7. The van der Waals surface area contributed by atoms with Crippen molar-refractivity contribution in [3.63, 3.8) is 0 Å². The number of hydrogen-bond acceptors (Lipinski definition) is 4. The highest BCUT2D eigenvalue weighted by Crippen LogP contribution is 2.22. The molecule has 0 bridgehead atoms. The molecule has 0 atom stereocenters. The van der Waals surface area contributed by atoms with Gasteiger partial charge < -0.3 is 10.1 Å². The predicted molar refractivity (Wildman–Crippen MR) is 71.1 cm³/mol. The van der Waals surface area contributed by atoms with Crippen LogP contribution in [-0.4, -0.2) is 24.6 Å². The van der Waals surface area contributed by atoms with E-state index in [4.69, 9.17) is 4.74 Å². The Morgan fingerprint density at radius 3 is 2.78 bits per heavy atom.